The molecule has 6 nitrogen and oxygen atoms in total. The standard InChI is InChI=1S/C20H24N2O4/c1-14-7-8-18(15(2)11-14)26-13-19(23)22-17-6-4-5-16(12-17)20(24)21-9-10-25-3/h4-8,11-12H,9-10,13H2,1-3H3,(H,21,24)(H,22,23). The van der Waals surface area contributed by atoms with Gasteiger partial charge in [-0.1, -0.05) is 23.8 Å². The molecule has 0 heterocycles. The Morgan fingerprint density at radius 3 is 2.62 bits per heavy atom. The minimum Gasteiger partial charge on any atom is -0.483 e. The van der Waals surface area contributed by atoms with Gasteiger partial charge in [0.2, 0.25) is 0 Å². The van der Waals surface area contributed by atoms with Crippen LogP contribution in [0.25, 0.3) is 0 Å². The largest absolute Gasteiger partial charge is 0.483 e. The summed E-state index contributed by atoms with van der Waals surface area (Å²) in [6, 6.07) is 12.5. The number of hydrogen-bond acceptors (Lipinski definition) is 4. The number of benzene rings is 2. The zero-order valence-corrected chi connectivity index (χ0v) is 15.3. The Morgan fingerprint density at radius 2 is 1.88 bits per heavy atom. The van der Waals surface area contributed by atoms with E-state index in [-0.39, 0.29) is 18.4 Å². The van der Waals surface area contributed by atoms with Crippen LogP contribution in [-0.4, -0.2) is 38.7 Å². The second-order valence-corrected chi connectivity index (χ2v) is 5.94. The first kappa shape index (κ1) is 19.5. The molecule has 0 unspecified atom stereocenters. The first-order chi connectivity index (χ1) is 12.5. The summed E-state index contributed by atoms with van der Waals surface area (Å²) in [6.07, 6.45) is 0. The normalized spacial score (nSPS) is 10.3. The topological polar surface area (TPSA) is 76.7 Å². The molecule has 0 saturated carbocycles. The number of nitrogens with one attached hydrogen (secondary N) is 2. The van der Waals surface area contributed by atoms with E-state index in [0.717, 1.165) is 11.1 Å². The van der Waals surface area contributed by atoms with Gasteiger partial charge in [-0.3, -0.25) is 9.59 Å². The van der Waals surface area contributed by atoms with E-state index in [1.807, 2.05) is 32.0 Å². The molecule has 2 amide bonds. The SMILES string of the molecule is COCCNC(=O)c1cccc(NC(=O)COc2ccc(C)cc2C)c1. The van der Waals surface area contributed by atoms with E-state index in [2.05, 4.69) is 10.6 Å². The number of methoxy groups -OCH3 is 1. The van der Waals surface area contributed by atoms with E-state index < -0.39 is 0 Å². The third-order valence-corrected chi connectivity index (χ3v) is 3.69. The molecule has 6 heteroatoms. The number of anilines is 1. The van der Waals surface area contributed by atoms with E-state index >= 15 is 0 Å². The lowest BCUT2D eigenvalue weighted by molar-refractivity contribution is -0.118. The number of carbonyl (C=O) groups is 2. The third-order valence-electron chi connectivity index (χ3n) is 3.69. The fraction of sp³-hybridized carbons (Fsp3) is 0.300. The van der Waals surface area contributed by atoms with Gasteiger partial charge in [0.15, 0.2) is 6.61 Å². The smallest absolute Gasteiger partial charge is 0.262 e. The molecule has 2 aromatic carbocycles. The molecule has 0 saturated heterocycles. The molecule has 0 radical (unpaired) electrons. The predicted molar refractivity (Wildman–Crippen MR) is 101 cm³/mol. The van der Waals surface area contributed by atoms with Gasteiger partial charge in [0.05, 0.1) is 6.61 Å². The van der Waals surface area contributed by atoms with Crippen LogP contribution in [0.3, 0.4) is 0 Å². The lowest BCUT2D eigenvalue weighted by atomic mass is 10.1. The van der Waals surface area contributed by atoms with Gasteiger partial charge < -0.3 is 20.1 Å². The highest BCUT2D eigenvalue weighted by molar-refractivity contribution is 5.97. The van der Waals surface area contributed by atoms with Gasteiger partial charge in [-0.05, 0) is 43.7 Å². The van der Waals surface area contributed by atoms with E-state index in [1.54, 1.807) is 31.4 Å². The van der Waals surface area contributed by atoms with Crippen LogP contribution in [0.5, 0.6) is 5.75 Å². The van der Waals surface area contributed by atoms with Gasteiger partial charge in [-0.15, -0.1) is 0 Å². The van der Waals surface area contributed by atoms with Gasteiger partial charge in [0, 0.05) is 24.9 Å². The van der Waals surface area contributed by atoms with Crippen LogP contribution in [0.4, 0.5) is 5.69 Å². The Labute approximate surface area is 153 Å². The molecule has 2 aromatic rings. The summed E-state index contributed by atoms with van der Waals surface area (Å²) in [4.78, 5) is 24.1. The Morgan fingerprint density at radius 1 is 1.08 bits per heavy atom. The molecule has 0 atom stereocenters. The predicted octanol–water partition coefficient (Wildman–Crippen LogP) is 2.70. The zero-order chi connectivity index (χ0) is 18.9. The van der Waals surface area contributed by atoms with Crippen molar-refractivity contribution in [2.45, 2.75) is 13.8 Å². The lowest BCUT2D eigenvalue weighted by Crippen LogP contribution is -2.27. The summed E-state index contributed by atoms with van der Waals surface area (Å²) in [5.74, 6) is 0.170. The molecule has 0 aliphatic heterocycles. The minimum absolute atomic E-state index is 0.103. The molecule has 2 N–H and O–H groups in total. The molecular weight excluding hydrogens is 332 g/mol. The number of ether oxygens (including phenoxy) is 2. The van der Waals surface area contributed by atoms with Gasteiger partial charge in [0.25, 0.3) is 11.8 Å². The Balaban J connectivity index is 1.90. The lowest BCUT2D eigenvalue weighted by Gasteiger charge is -2.11. The van der Waals surface area contributed by atoms with Crippen LogP contribution < -0.4 is 15.4 Å². The van der Waals surface area contributed by atoms with Gasteiger partial charge >= 0.3 is 0 Å². The first-order valence-corrected chi connectivity index (χ1v) is 8.36. The van der Waals surface area contributed by atoms with Crippen molar-refractivity contribution < 1.29 is 19.1 Å². The van der Waals surface area contributed by atoms with Crippen molar-refractivity contribution in [1.29, 1.82) is 0 Å². The fourth-order valence-electron chi connectivity index (χ4n) is 2.41. The van der Waals surface area contributed by atoms with Crippen molar-refractivity contribution in [2.75, 3.05) is 32.2 Å². The van der Waals surface area contributed by atoms with Gasteiger partial charge in [-0.25, -0.2) is 0 Å². The highest BCUT2D eigenvalue weighted by Gasteiger charge is 2.09. The summed E-state index contributed by atoms with van der Waals surface area (Å²) in [6.45, 7) is 4.70. The highest BCUT2D eigenvalue weighted by Crippen LogP contribution is 2.18. The quantitative estimate of drug-likeness (QED) is 0.713. The average molecular weight is 356 g/mol. The maximum atomic E-state index is 12.1. The molecule has 0 bridgehead atoms. The molecule has 26 heavy (non-hydrogen) atoms. The minimum atomic E-state index is -0.290. The molecule has 0 aliphatic rings. The molecule has 2 rings (SSSR count). The highest BCUT2D eigenvalue weighted by atomic mass is 16.5. The second kappa shape index (κ2) is 9.58. The summed E-state index contributed by atoms with van der Waals surface area (Å²) in [5, 5.41) is 5.47. The van der Waals surface area contributed by atoms with E-state index in [4.69, 9.17) is 9.47 Å². The number of hydrogen-bond donors (Lipinski definition) is 2. The van der Waals surface area contributed by atoms with Gasteiger partial charge in [-0.2, -0.15) is 0 Å². The fourth-order valence-corrected chi connectivity index (χ4v) is 2.41. The first-order valence-electron chi connectivity index (χ1n) is 8.36. The molecule has 0 spiro atoms. The molecule has 0 aromatic heterocycles. The number of carbonyl (C=O) groups excluding carboxylic acids is 2. The summed E-state index contributed by atoms with van der Waals surface area (Å²) < 4.78 is 10.5. The van der Waals surface area contributed by atoms with Crippen molar-refractivity contribution >= 4 is 17.5 Å². The van der Waals surface area contributed by atoms with Crippen LogP contribution in [-0.2, 0) is 9.53 Å². The summed E-state index contributed by atoms with van der Waals surface area (Å²) >= 11 is 0. The van der Waals surface area contributed by atoms with Crippen LogP contribution >= 0.6 is 0 Å². The van der Waals surface area contributed by atoms with Crippen LogP contribution in [0.2, 0.25) is 0 Å². The van der Waals surface area contributed by atoms with Crippen molar-refractivity contribution in [3.05, 3.63) is 59.2 Å². The van der Waals surface area contributed by atoms with Crippen molar-refractivity contribution in [3.63, 3.8) is 0 Å². The average Bonchev–Trinajstić information content (AvgIpc) is 2.61. The number of rotatable bonds is 8. The Hall–Kier alpha value is -2.86. The summed E-state index contributed by atoms with van der Waals surface area (Å²) in [7, 11) is 1.57. The molecule has 0 aliphatic carbocycles. The van der Waals surface area contributed by atoms with Crippen molar-refractivity contribution in [3.8, 4) is 5.75 Å². The van der Waals surface area contributed by atoms with E-state index in [0.29, 0.717) is 30.2 Å². The van der Waals surface area contributed by atoms with E-state index in [1.165, 1.54) is 0 Å². The third kappa shape index (κ3) is 5.89. The molecular formula is C20H24N2O4. The number of aryl methyl sites for hydroxylation is 2. The van der Waals surface area contributed by atoms with Crippen LogP contribution in [0.15, 0.2) is 42.5 Å². The Kier molecular flexibility index (Phi) is 7.17. The molecule has 0 fully saturated rings. The van der Waals surface area contributed by atoms with Crippen molar-refractivity contribution in [2.24, 2.45) is 0 Å². The van der Waals surface area contributed by atoms with Crippen molar-refractivity contribution in [1.82, 2.24) is 5.32 Å². The van der Waals surface area contributed by atoms with E-state index in [9.17, 15) is 9.59 Å². The second-order valence-electron chi connectivity index (χ2n) is 5.94. The monoisotopic (exact) mass is 356 g/mol. The van der Waals surface area contributed by atoms with Crippen LogP contribution in [0.1, 0.15) is 21.5 Å². The molecule has 138 valence electrons. The zero-order valence-electron chi connectivity index (χ0n) is 15.3. The maximum Gasteiger partial charge on any atom is 0.262 e. The Bertz CT molecular complexity index is 774. The number of amides is 2. The maximum absolute atomic E-state index is 12.1. The van der Waals surface area contributed by atoms with Gasteiger partial charge in [0.1, 0.15) is 5.75 Å². The van der Waals surface area contributed by atoms with Crippen LogP contribution in [0, 0.1) is 13.8 Å². The summed E-state index contributed by atoms with van der Waals surface area (Å²) in [5.41, 5.74) is 3.13.